The highest BCUT2D eigenvalue weighted by molar-refractivity contribution is 6.30. The topological polar surface area (TPSA) is 172 Å². The van der Waals surface area contributed by atoms with E-state index in [-0.39, 0.29) is 51.8 Å². The third-order valence-corrected chi connectivity index (χ3v) is 8.91. The SMILES string of the molecule is CC(=O)Oc1ccc2c(c1)C(=O)c1c(CC3=CCN=C3)c(O[C@H]3O[C@@H](C)[C@@H](O)[C@@H](O)[C@H]3O)c(C3CCCCC3)c(O)c1C2=O. The van der Waals surface area contributed by atoms with Crippen molar-refractivity contribution in [3.8, 4) is 17.2 Å². The number of phenols is 1. The number of aliphatic hydroxyl groups excluding tert-OH is 3. The van der Waals surface area contributed by atoms with E-state index in [1.165, 1.54) is 32.0 Å². The predicted molar refractivity (Wildman–Crippen MR) is 157 cm³/mol. The molecule has 0 unspecified atom stereocenters. The summed E-state index contributed by atoms with van der Waals surface area (Å²) in [5.41, 5.74) is 1.30. The molecule has 2 fully saturated rings. The molecule has 1 saturated carbocycles. The lowest BCUT2D eigenvalue weighted by Crippen LogP contribution is -2.58. The minimum absolute atomic E-state index is 0.00783. The molecule has 6 rings (SSSR count). The fraction of sp³-hybridized carbons (Fsp3) is 0.455. The quantitative estimate of drug-likeness (QED) is 0.242. The highest BCUT2D eigenvalue weighted by atomic mass is 16.7. The van der Waals surface area contributed by atoms with E-state index < -0.39 is 48.2 Å². The normalized spacial score (nSPS) is 26.7. The van der Waals surface area contributed by atoms with Crippen molar-refractivity contribution in [1.29, 1.82) is 0 Å². The van der Waals surface area contributed by atoms with Crippen molar-refractivity contribution in [1.82, 2.24) is 0 Å². The number of aliphatic hydroxyl groups is 3. The van der Waals surface area contributed by atoms with Gasteiger partial charge in [-0.25, -0.2) is 0 Å². The first-order valence-electron chi connectivity index (χ1n) is 15.0. The van der Waals surface area contributed by atoms with Crippen LogP contribution in [0.3, 0.4) is 0 Å². The second-order valence-corrected chi connectivity index (χ2v) is 11.9. The summed E-state index contributed by atoms with van der Waals surface area (Å²) in [6.45, 7) is 3.20. The molecule has 5 atom stereocenters. The number of esters is 1. The van der Waals surface area contributed by atoms with Gasteiger partial charge in [0.15, 0.2) is 11.6 Å². The lowest BCUT2D eigenvalue weighted by Gasteiger charge is -2.40. The summed E-state index contributed by atoms with van der Waals surface area (Å²) in [5.74, 6) is -2.13. The molecule has 0 spiro atoms. The molecule has 0 bridgehead atoms. The van der Waals surface area contributed by atoms with Gasteiger partial charge in [0.05, 0.1) is 18.2 Å². The number of allylic oxidation sites excluding steroid dienone is 1. The average molecular weight is 606 g/mol. The molecule has 11 nitrogen and oxygen atoms in total. The Morgan fingerprint density at radius 1 is 1.00 bits per heavy atom. The number of aromatic hydroxyl groups is 1. The number of fused-ring (bicyclic) bond motifs is 2. The van der Waals surface area contributed by atoms with E-state index >= 15 is 0 Å². The zero-order valence-electron chi connectivity index (χ0n) is 24.5. The molecule has 232 valence electrons. The number of aliphatic imine (C=N–C) groups is 1. The Balaban J connectivity index is 1.59. The van der Waals surface area contributed by atoms with Gasteiger partial charge in [-0.1, -0.05) is 25.3 Å². The van der Waals surface area contributed by atoms with Gasteiger partial charge in [-0.15, -0.1) is 0 Å². The van der Waals surface area contributed by atoms with Gasteiger partial charge >= 0.3 is 5.97 Å². The molecule has 4 aliphatic rings. The number of hydrogen-bond acceptors (Lipinski definition) is 11. The maximum atomic E-state index is 14.3. The molecule has 2 aromatic rings. The molecule has 2 aliphatic carbocycles. The van der Waals surface area contributed by atoms with Crippen molar-refractivity contribution in [3.63, 3.8) is 0 Å². The van der Waals surface area contributed by atoms with Crippen LogP contribution in [-0.2, 0) is 16.0 Å². The van der Waals surface area contributed by atoms with E-state index in [1.807, 2.05) is 6.08 Å². The van der Waals surface area contributed by atoms with Crippen molar-refractivity contribution in [2.24, 2.45) is 4.99 Å². The van der Waals surface area contributed by atoms with Crippen molar-refractivity contribution >= 4 is 23.8 Å². The number of carbonyl (C=O) groups is 3. The van der Waals surface area contributed by atoms with E-state index in [0.717, 1.165) is 24.8 Å². The van der Waals surface area contributed by atoms with Crippen LogP contribution in [-0.4, -0.2) is 81.4 Å². The van der Waals surface area contributed by atoms with Crippen molar-refractivity contribution < 1.29 is 49.0 Å². The Morgan fingerprint density at radius 2 is 1.73 bits per heavy atom. The molecular formula is C33H35NO10. The average Bonchev–Trinajstić information content (AvgIpc) is 3.52. The Labute approximate surface area is 253 Å². The van der Waals surface area contributed by atoms with E-state index in [4.69, 9.17) is 14.2 Å². The maximum Gasteiger partial charge on any atom is 0.308 e. The largest absolute Gasteiger partial charge is 0.507 e. The summed E-state index contributed by atoms with van der Waals surface area (Å²) < 4.78 is 17.3. The summed E-state index contributed by atoms with van der Waals surface area (Å²) in [6, 6.07) is 4.17. The first-order chi connectivity index (χ1) is 21.1. The van der Waals surface area contributed by atoms with Gasteiger partial charge in [0, 0.05) is 47.4 Å². The Morgan fingerprint density at radius 3 is 2.41 bits per heavy atom. The predicted octanol–water partition coefficient (Wildman–Crippen LogP) is 2.90. The molecule has 2 heterocycles. The van der Waals surface area contributed by atoms with Gasteiger partial charge in [0.25, 0.3) is 0 Å². The van der Waals surface area contributed by atoms with Crippen LogP contribution in [0.15, 0.2) is 34.8 Å². The number of ether oxygens (including phenoxy) is 3. The van der Waals surface area contributed by atoms with Crippen LogP contribution in [0.25, 0.3) is 0 Å². The summed E-state index contributed by atoms with van der Waals surface area (Å²) in [4.78, 5) is 44.3. The smallest absolute Gasteiger partial charge is 0.308 e. The second kappa shape index (κ2) is 11.9. The minimum atomic E-state index is -1.65. The molecule has 4 N–H and O–H groups in total. The molecule has 0 aromatic heterocycles. The molecule has 11 heteroatoms. The Bertz CT molecular complexity index is 1590. The monoisotopic (exact) mass is 605 g/mol. The van der Waals surface area contributed by atoms with Crippen LogP contribution >= 0.6 is 0 Å². The van der Waals surface area contributed by atoms with Crippen LogP contribution in [0, 0.1) is 0 Å². The summed E-state index contributed by atoms with van der Waals surface area (Å²) in [7, 11) is 0. The number of nitrogens with zero attached hydrogens (tertiary/aromatic N) is 1. The van der Waals surface area contributed by atoms with Crippen molar-refractivity contribution in [3.05, 3.63) is 63.2 Å². The molecule has 0 amide bonds. The van der Waals surface area contributed by atoms with E-state index in [1.54, 1.807) is 6.21 Å². The molecule has 2 aromatic carbocycles. The van der Waals surface area contributed by atoms with E-state index in [2.05, 4.69) is 4.99 Å². The van der Waals surface area contributed by atoms with Crippen LogP contribution in [0.5, 0.6) is 17.2 Å². The van der Waals surface area contributed by atoms with Crippen LogP contribution in [0.2, 0.25) is 0 Å². The van der Waals surface area contributed by atoms with Gasteiger partial charge in [0.2, 0.25) is 6.29 Å². The van der Waals surface area contributed by atoms with E-state index in [0.29, 0.717) is 30.5 Å². The number of phenolic OH excluding ortho intramolecular Hbond substituents is 1. The third kappa shape index (κ3) is 5.23. The third-order valence-electron chi connectivity index (χ3n) is 8.91. The molecular weight excluding hydrogens is 570 g/mol. The standard InChI is InChI=1S/C33H35NO10/c1-15-26(36)30(40)31(41)33(42-15)44-32-22(12-17-10-11-34-14-17)24-25(29(39)23(32)18-6-4-3-5-7-18)27(37)20-9-8-19(43-16(2)35)13-21(20)28(24)38/h8-10,13-15,18,26,30-31,33,36,39-41H,3-7,11-12H2,1-2H3/t15-,26+,30+,31+,33+/m0/s1. The van der Waals surface area contributed by atoms with Crippen molar-refractivity contribution in [2.75, 3.05) is 6.54 Å². The Hall–Kier alpha value is -3.90. The number of carbonyl (C=O) groups excluding carboxylic acids is 3. The van der Waals surface area contributed by atoms with Gasteiger partial charge in [-0.2, -0.15) is 0 Å². The van der Waals surface area contributed by atoms with Crippen molar-refractivity contribution in [2.45, 2.75) is 89.0 Å². The van der Waals surface area contributed by atoms with Gasteiger partial charge < -0.3 is 34.6 Å². The summed E-state index contributed by atoms with van der Waals surface area (Å²) in [6.07, 6.45) is 0.888. The summed E-state index contributed by atoms with van der Waals surface area (Å²) >= 11 is 0. The fourth-order valence-electron chi connectivity index (χ4n) is 6.68. The lowest BCUT2D eigenvalue weighted by atomic mass is 9.74. The number of rotatable bonds is 6. The first kappa shape index (κ1) is 30.1. The van der Waals surface area contributed by atoms with Gasteiger partial charge in [-0.05, 0) is 49.5 Å². The zero-order valence-corrected chi connectivity index (χ0v) is 24.5. The van der Waals surface area contributed by atoms with Gasteiger partial charge in [0.1, 0.15) is 35.6 Å². The summed E-state index contributed by atoms with van der Waals surface area (Å²) in [5, 5.41) is 43.6. The first-order valence-corrected chi connectivity index (χ1v) is 15.0. The number of benzene rings is 2. The van der Waals surface area contributed by atoms with E-state index in [9.17, 15) is 34.8 Å². The number of hydrogen-bond donors (Lipinski definition) is 4. The van der Waals surface area contributed by atoms with Crippen LogP contribution in [0.1, 0.15) is 94.8 Å². The maximum absolute atomic E-state index is 14.3. The van der Waals surface area contributed by atoms with Crippen LogP contribution < -0.4 is 9.47 Å². The number of ketones is 2. The highest BCUT2D eigenvalue weighted by Crippen LogP contribution is 2.51. The fourth-order valence-corrected chi connectivity index (χ4v) is 6.68. The second-order valence-electron chi connectivity index (χ2n) is 11.9. The molecule has 2 aliphatic heterocycles. The highest BCUT2D eigenvalue weighted by Gasteiger charge is 2.46. The zero-order chi connectivity index (χ0) is 31.3. The van der Waals surface area contributed by atoms with Crippen LogP contribution in [0.4, 0.5) is 0 Å². The molecule has 1 saturated heterocycles. The molecule has 44 heavy (non-hydrogen) atoms. The van der Waals surface area contributed by atoms with Gasteiger partial charge in [-0.3, -0.25) is 19.4 Å². The lowest BCUT2D eigenvalue weighted by molar-refractivity contribution is -0.268. The minimum Gasteiger partial charge on any atom is -0.507 e. The Kier molecular flexibility index (Phi) is 8.14. The molecule has 0 radical (unpaired) electrons.